The van der Waals surface area contributed by atoms with Crippen LogP contribution in [0.3, 0.4) is 0 Å². The second-order valence-electron chi connectivity index (χ2n) is 6.57. The van der Waals surface area contributed by atoms with Gasteiger partial charge in [0.15, 0.2) is 11.5 Å². The Morgan fingerprint density at radius 2 is 2.11 bits per heavy atom. The average molecular weight is 404 g/mol. The summed E-state index contributed by atoms with van der Waals surface area (Å²) in [5, 5.41) is 1.91. The summed E-state index contributed by atoms with van der Waals surface area (Å²) in [6, 6.07) is 5.04. The smallest absolute Gasteiger partial charge is 0.325 e. The van der Waals surface area contributed by atoms with Crippen molar-refractivity contribution in [2.24, 2.45) is 5.92 Å². The molecule has 0 N–H and O–H groups in total. The molecule has 1 fully saturated rings. The van der Waals surface area contributed by atoms with Crippen molar-refractivity contribution in [3.63, 3.8) is 0 Å². The third-order valence-corrected chi connectivity index (χ3v) is 4.99. The number of methoxy groups -OCH3 is 1. The highest BCUT2D eigenvalue weighted by Crippen LogP contribution is 2.32. The van der Waals surface area contributed by atoms with Crippen molar-refractivity contribution in [1.29, 1.82) is 0 Å². The van der Waals surface area contributed by atoms with Crippen LogP contribution in [0.2, 0.25) is 0 Å². The van der Waals surface area contributed by atoms with Crippen LogP contribution in [0.25, 0.3) is 0 Å². The molecule has 1 aliphatic carbocycles. The topological polar surface area (TPSA) is 78.0 Å². The fraction of sp³-hybridized carbons (Fsp3) is 0.450. The van der Waals surface area contributed by atoms with Crippen molar-refractivity contribution in [2.45, 2.75) is 26.4 Å². The Morgan fingerprint density at radius 1 is 1.29 bits per heavy atom. The highest BCUT2D eigenvalue weighted by Gasteiger charge is 2.29. The SMILES string of the molecule is CCOC(=O)CN(CC1CC1)C(=O)c1ccc(OCc2cscn2)c(OC)c1. The quantitative estimate of drug-likeness (QED) is 0.566. The van der Waals surface area contributed by atoms with Gasteiger partial charge in [0.2, 0.25) is 0 Å². The molecular weight excluding hydrogens is 380 g/mol. The molecule has 0 spiro atoms. The molecule has 7 nitrogen and oxygen atoms in total. The molecule has 0 unspecified atom stereocenters. The maximum Gasteiger partial charge on any atom is 0.325 e. The van der Waals surface area contributed by atoms with Gasteiger partial charge in [-0.3, -0.25) is 9.59 Å². The van der Waals surface area contributed by atoms with Crippen LogP contribution in [-0.4, -0.2) is 48.6 Å². The Labute approximate surface area is 168 Å². The number of aromatic nitrogens is 1. The molecule has 0 atom stereocenters. The first-order valence-corrected chi connectivity index (χ1v) is 10.2. The zero-order valence-electron chi connectivity index (χ0n) is 16.1. The van der Waals surface area contributed by atoms with Crippen LogP contribution in [0.4, 0.5) is 0 Å². The lowest BCUT2D eigenvalue weighted by molar-refractivity contribution is -0.143. The lowest BCUT2D eigenvalue weighted by Crippen LogP contribution is -2.38. The Hall–Kier alpha value is -2.61. The number of carbonyl (C=O) groups is 2. The van der Waals surface area contributed by atoms with Crippen molar-refractivity contribution in [1.82, 2.24) is 9.88 Å². The number of nitrogens with zero attached hydrogens (tertiary/aromatic N) is 2. The van der Waals surface area contributed by atoms with Crippen molar-refractivity contribution in [3.05, 3.63) is 40.3 Å². The van der Waals surface area contributed by atoms with Crippen molar-refractivity contribution < 1.29 is 23.8 Å². The summed E-state index contributed by atoms with van der Waals surface area (Å²) in [5.74, 6) is 0.840. The summed E-state index contributed by atoms with van der Waals surface area (Å²) in [7, 11) is 1.53. The maximum atomic E-state index is 13.0. The van der Waals surface area contributed by atoms with E-state index in [-0.39, 0.29) is 12.5 Å². The largest absolute Gasteiger partial charge is 0.493 e. The Morgan fingerprint density at radius 3 is 2.75 bits per heavy atom. The van der Waals surface area contributed by atoms with E-state index in [0.29, 0.717) is 42.7 Å². The highest BCUT2D eigenvalue weighted by atomic mass is 32.1. The summed E-state index contributed by atoms with van der Waals surface area (Å²) in [6.45, 7) is 2.88. The molecule has 150 valence electrons. The first-order valence-electron chi connectivity index (χ1n) is 9.23. The van der Waals surface area contributed by atoms with Gasteiger partial charge in [-0.25, -0.2) is 4.98 Å². The van der Waals surface area contributed by atoms with Gasteiger partial charge in [-0.15, -0.1) is 11.3 Å². The average Bonchev–Trinajstić information content (AvgIpc) is 3.36. The number of rotatable bonds is 10. The number of hydrogen-bond donors (Lipinski definition) is 0. The lowest BCUT2D eigenvalue weighted by atomic mass is 10.1. The summed E-state index contributed by atoms with van der Waals surface area (Å²) >= 11 is 1.50. The number of ether oxygens (including phenoxy) is 3. The van der Waals surface area contributed by atoms with E-state index in [4.69, 9.17) is 14.2 Å². The summed E-state index contributed by atoms with van der Waals surface area (Å²) < 4.78 is 16.2. The summed E-state index contributed by atoms with van der Waals surface area (Å²) in [6.07, 6.45) is 2.17. The van der Waals surface area contributed by atoms with Crippen LogP contribution in [-0.2, 0) is 16.1 Å². The minimum absolute atomic E-state index is 0.0480. The number of esters is 1. The molecule has 1 aromatic carbocycles. The van der Waals surface area contributed by atoms with Crippen LogP contribution in [0.5, 0.6) is 11.5 Å². The van der Waals surface area contributed by atoms with E-state index in [0.717, 1.165) is 18.5 Å². The lowest BCUT2D eigenvalue weighted by Gasteiger charge is -2.22. The van der Waals surface area contributed by atoms with E-state index in [1.807, 2.05) is 5.38 Å². The van der Waals surface area contributed by atoms with Gasteiger partial charge in [0.05, 0.1) is 24.9 Å². The molecule has 1 aliphatic rings. The molecule has 1 saturated carbocycles. The first-order chi connectivity index (χ1) is 13.6. The zero-order valence-corrected chi connectivity index (χ0v) is 16.9. The normalized spacial score (nSPS) is 13.1. The molecule has 0 radical (unpaired) electrons. The van der Waals surface area contributed by atoms with Gasteiger partial charge in [-0.1, -0.05) is 0 Å². The highest BCUT2D eigenvalue weighted by molar-refractivity contribution is 7.07. The second-order valence-corrected chi connectivity index (χ2v) is 7.29. The van der Waals surface area contributed by atoms with Gasteiger partial charge in [-0.2, -0.15) is 0 Å². The van der Waals surface area contributed by atoms with Gasteiger partial charge >= 0.3 is 5.97 Å². The third-order valence-electron chi connectivity index (χ3n) is 4.36. The van der Waals surface area contributed by atoms with Crippen LogP contribution < -0.4 is 9.47 Å². The van der Waals surface area contributed by atoms with Gasteiger partial charge in [-0.05, 0) is 43.9 Å². The van der Waals surface area contributed by atoms with Gasteiger partial charge in [0.25, 0.3) is 5.91 Å². The Kier molecular flexibility index (Phi) is 6.86. The fourth-order valence-corrected chi connectivity index (χ4v) is 3.30. The molecule has 0 aliphatic heterocycles. The predicted octanol–water partition coefficient (Wildman–Crippen LogP) is 3.15. The fourth-order valence-electron chi connectivity index (χ4n) is 2.76. The first kappa shape index (κ1) is 20.1. The van der Waals surface area contributed by atoms with Crippen LogP contribution in [0.15, 0.2) is 29.1 Å². The summed E-state index contributed by atoms with van der Waals surface area (Å²) in [5.41, 5.74) is 3.02. The van der Waals surface area contributed by atoms with Crippen LogP contribution >= 0.6 is 11.3 Å². The predicted molar refractivity (Wildman–Crippen MR) is 105 cm³/mol. The molecule has 1 aromatic heterocycles. The van der Waals surface area contributed by atoms with E-state index in [1.165, 1.54) is 18.4 Å². The van der Waals surface area contributed by atoms with E-state index < -0.39 is 5.97 Å². The van der Waals surface area contributed by atoms with Crippen molar-refractivity contribution >= 4 is 23.2 Å². The monoisotopic (exact) mass is 404 g/mol. The number of hydrogen-bond acceptors (Lipinski definition) is 7. The molecule has 0 bridgehead atoms. The summed E-state index contributed by atoms with van der Waals surface area (Å²) in [4.78, 5) is 30.6. The van der Waals surface area contributed by atoms with Gasteiger partial charge in [0, 0.05) is 17.5 Å². The maximum absolute atomic E-state index is 13.0. The molecule has 1 heterocycles. The van der Waals surface area contributed by atoms with E-state index in [1.54, 1.807) is 35.5 Å². The van der Waals surface area contributed by atoms with Crippen LogP contribution in [0, 0.1) is 5.92 Å². The molecule has 2 aromatic rings. The number of amides is 1. The molecular formula is C20H24N2O5S. The molecule has 1 amide bonds. The molecule has 8 heteroatoms. The van der Waals surface area contributed by atoms with Gasteiger partial charge < -0.3 is 19.1 Å². The van der Waals surface area contributed by atoms with E-state index in [9.17, 15) is 9.59 Å². The van der Waals surface area contributed by atoms with Crippen LogP contribution in [0.1, 0.15) is 35.8 Å². The molecule has 3 rings (SSSR count). The molecule has 28 heavy (non-hydrogen) atoms. The van der Waals surface area contributed by atoms with Gasteiger partial charge in [0.1, 0.15) is 13.2 Å². The Bertz CT molecular complexity index is 805. The molecule has 0 saturated heterocycles. The standard InChI is InChI=1S/C20H24N2O5S/c1-3-26-19(23)10-22(9-14-4-5-14)20(24)15-6-7-17(18(8-15)25-2)27-11-16-12-28-13-21-16/h6-8,12-14H,3-5,9-11H2,1-2H3. The van der Waals surface area contributed by atoms with E-state index in [2.05, 4.69) is 4.98 Å². The number of thiazole rings is 1. The minimum Gasteiger partial charge on any atom is -0.493 e. The number of carbonyl (C=O) groups excluding carboxylic acids is 2. The second kappa shape index (κ2) is 9.54. The minimum atomic E-state index is -0.397. The zero-order chi connectivity index (χ0) is 19.9. The van der Waals surface area contributed by atoms with E-state index >= 15 is 0 Å². The third kappa shape index (κ3) is 5.45. The van der Waals surface area contributed by atoms with Crippen molar-refractivity contribution in [3.8, 4) is 11.5 Å². The number of benzene rings is 1. The van der Waals surface area contributed by atoms with Crippen molar-refractivity contribution in [2.75, 3.05) is 26.8 Å². The Balaban J connectivity index is 1.72.